The van der Waals surface area contributed by atoms with Crippen LogP contribution in [0.1, 0.15) is 130 Å². The van der Waals surface area contributed by atoms with Gasteiger partial charge in [0.2, 0.25) is 71.1 Å². The quantitative estimate of drug-likeness (QED) is 0.00719. The van der Waals surface area contributed by atoms with E-state index in [-0.39, 0.29) is 91.3 Å². The molecule has 12 amide bonds. The van der Waals surface area contributed by atoms with Crippen LogP contribution in [-0.2, 0) is 110 Å². The Kier molecular flexibility index (Phi) is 40.6. The van der Waals surface area contributed by atoms with E-state index < -0.39 is 276 Å². The summed E-state index contributed by atoms with van der Waals surface area (Å²) in [6, 6.07) is 2.97. The van der Waals surface area contributed by atoms with Crippen molar-refractivity contribution in [1.29, 1.82) is 10.8 Å². The van der Waals surface area contributed by atoms with Gasteiger partial charge in [-0.15, -0.1) is 0 Å². The minimum Gasteiger partial charge on any atom is -0.455 e. The number of nitrogens with one attached hydrogen (secondary N) is 15. The number of aliphatic hydroxyl groups excluding tert-OH is 1. The molecule has 2 bridgehead atoms. The van der Waals surface area contributed by atoms with Crippen molar-refractivity contribution in [2.45, 2.75) is 210 Å². The van der Waals surface area contributed by atoms with E-state index in [9.17, 15) is 82.1 Å². The summed E-state index contributed by atoms with van der Waals surface area (Å²) in [4.78, 5) is 237. The van der Waals surface area contributed by atoms with E-state index in [0.717, 1.165) is 57.0 Å². The summed E-state index contributed by atoms with van der Waals surface area (Å²) < 4.78 is 54.9. The van der Waals surface area contributed by atoms with Crippen molar-refractivity contribution in [3.05, 3.63) is 82.9 Å². The average Bonchev–Trinajstić information content (AvgIpc) is 0.666. The summed E-state index contributed by atoms with van der Waals surface area (Å²) in [5.41, 5.74) is 8.16. The molecule has 734 valence electrons. The molecule has 2 aliphatic heterocycles. The molecule has 50 heteroatoms. The number of nitrogens with two attached hydrogens (primary N) is 3. The number of methoxy groups -OCH3 is 2. The number of carbonyl (C=O) groups is 17. The van der Waals surface area contributed by atoms with Crippen molar-refractivity contribution in [3.8, 4) is 0 Å². The molecule has 18 atom stereocenters. The fourth-order valence-electron chi connectivity index (χ4n) is 16.0. The summed E-state index contributed by atoms with van der Waals surface area (Å²) in [5, 5.41) is 71.3. The van der Waals surface area contributed by atoms with Gasteiger partial charge in [0.05, 0.1) is 55.8 Å². The molecule has 46 nitrogen and oxygen atoms in total. The molecule has 7 rings (SSSR count). The standard InChI is InChI=1S/C83H120N18O28S4/c1-41-53(32-83(120)65(127-73(116)46-23-17-14-18-24-46)63-81(10,64(108)61(122-12)59(41)80(83,8)9)54(121-11)31-55-82(63,40-124-55)128-44(4)104)125-74(117)62(60(45-21-15-13-16-22-45)101-77(118)129-79(5,6)7)126-78(119)123-29-30-130-131-37-50(66(84)109)99-72(115)52-39-133-132-38-51(95-43(3)103)68(111)93-35-58(107)96-47(25-19-27-89-75(85)86)70(113)98-48(26-20-28-90-76(87)88)69(112)94-42(2)67(110)92-33-56(105)91-34-57(106)97-49(36-102)71(114)100-52/h13-18,21-24,42,47-55,60-63,65,102,120H,19-20,25-40H2,1-12H3,(H2,84,109)(H,91,105)(H,92,110)(H,93,111)(H,94,112)(H,95,103)(H,96,107)(H,97,106)(H,98,113)(H,99,115)(H,100,114)(H,101,118)(H4,85,86,89)(H4,87,88,90)/t42-,47-,48-,49-,50-,51-,52-,53?,54+,55-,60+,61-,62?,63+,65+,81-,82+,83-/m0/s1. The molecule has 3 aliphatic carbocycles. The minimum atomic E-state index is -2.47. The zero-order valence-corrected chi connectivity index (χ0v) is 78.8. The van der Waals surface area contributed by atoms with Crippen LogP contribution in [0.4, 0.5) is 9.59 Å². The number of hydrogen-bond acceptors (Lipinski definition) is 34. The van der Waals surface area contributed by atoms with Gasteiger partial charge in [0.25, 0.3) is 0 Å². The lowest BCUT2D eigenvalue weighted by molar-refractivity contribution is -0.347. The maximum Gasteiger partial charge on any atom is 0.509 e. The molecule has 5 aliphatic rings. The molecule has 2 saturated carbocycles. The van der Waals surface area contributed by atoms with Gasteiger partial charge in [0, 0.05) is 82.4 Å². The number of aliphatic hydroxyl groups is 2. The van der Waals surface area contributed by atoms with Crippen LogP contribution in [0.3, 0.4) is 0 Å². The largest absolute Gasteiger partial charge is 0.509 e. The van der Waals surface area contributed by atoms with Crippen LogP contribution < -0.4 is 86.3 Å². The lowest BCUT2D eigenvalue weighted by Gasteiger charge is -2.67. The summed E-state index contributed by atoms with van der Waals surface area (Å²) >= 11 is 0. The number of ether oxygens (including phenoxy) is 9. The normalized spacial score (nSPS) is 27.1. The van der Waals surface area contributed by atoms with Gasteiger partial charge in [-0.2, -0.15) is 0 Å². The number of fused-ring (bicyclic) bond motifs is 5. The Morgan fingerprint density at radius 3 is 1.86 bits per heavy atom. The third-order valence-corrected chi connectivity index (χ3v) is 27.4. The van der Waals surface area contributed by atoms with Crippen LogP contribution in [0.2, 0.25) is 0 Å². The second-order valence-electron chi connectivity index (χ2n) is 33.5. The van der Waals surface area contributed by atoms with Crippen LogP contribution >= 0.6 is 43.2 Å². The molecular formula is C83H120N18O28S4. The highest BCUT2D eigenvalue weighted by atomic mass is 33.1. The maximum absolute atomic E-state index is 16.1. The highest BCUT2D eigenvalue weighted by Gasteiger charge is 2.78. The first-order chi connectivity index (χ1) is 62.7. The Labute approximate surface area is 782 Å². The minimum absolute atomic E-state index is 0.00830. The highest BCUT2D eigenvalue weighted by Crippen LogP contribution is 2.65. The number of hydrogen-bond donors (Lipinski definition) is 20. The fraction of sp³-hybridized carbons (Fsp3) is 0.602. The van der Waals surface area contributed by atoms with Gasteiger partial charge in [0.15, 0.2) is 23.3 Å². The molecule has 0 radical (unpaired) electrons. The smallest absolute Gasteiger partial charge is 0.455 e. The Morgan fingerprint density at radius 2 is 1.29 bits per heavy atom. The summed E-state index contributed by atoms with van der Waals surface area (Å²) in [6.07, 6.45) is -12.7. The molecule has 2 unspecified atom stereocenters. The van der Waals surface area contributed by atoms with Crippen molar-refractivity contribution >= 4 is 156 Å². The summed E-state index contributed by atoms with van der Waals surface area (Å²) in [6.45, 7) is 10.1. The van der Waals surface area contributed by atoms with Crippen LogP contribution in [0.15, 0.2) is 71.8 Å². The number of primary amides is 1. The number of benzene rings is 2. The van der Waals surface area contributed by atoms with E-state index in [0.29, 0.717) is 0 Å². The van der Waals surface area contributed by atoms with Gasteiger partial charge < -0.3 is 139 Å². The third kappa shape index (κ3) is 29.6. The van der Waals surface area contributed by atoms with Gasteiger partial charge in [-0.05, 0) is 96.1 Å². The van der Waals surface area contributed by atoms with E-state index >= 15 is 9.59 Å². The summed E-state index contributed by atoms with van der Waals surface area (Å²) in [7, 11) is 6.15. The van der Waals surface area contributed by atoms with Crippen LogP contribution in [-0.4, -0.2) is 309 Å². The van der Waals surface area contributed by atoms with E-state index in [1.54, 1.807) is 77.9 Å². The predicted molar refractivity (Wildman–Crippen MR) is 482 cm³/mol. The molecule has 0 aromatic heterocycles. The monoisotopic (exact) mass is 1940 g/mol. The molecule has 2 aromatic rings. The topological polar surface area (TPSA) is 696 Å². The molecule has 4 fully saturated rings. The first-order valence-corrected chi connectivity index (χ1v) is 47.3. The SMILES string of the molecule is CO[C@@H]1C(=O)[C@@]2(C)[C@H](OC)C[C@@H]3OC[C@]3(OC(C)=O)[C@@H]2[C@@H](OC(=O)c2ccccc2)[C@@]2(O)CC(OC(=O)C(OC(=O)OCCSSC[C@H](NC(=O)[C@@H]3CSSC[C@H](NC(C)=O)C(=O)NCC(=O)N[C@@H](CCCNC(=N)N)C(=O)N[C@@H](CCCNC(=N)N)C(=O)N[C@@H](C)C(=O)NCC(=O)NCC(=O)N[C@@H](CO)C(=O)N3)C(N)=O)[C@H](NC(=O)OC(C)(C)C)c3ccccc3)C(C)=C1C2(C)C. The molecule has 2 aromatic carbocycles. The van der Waals surface area contributed by atoms with Gasteiger partial charge in [0.1, 0.15) is 90.6 Å². The molecule has 2 saturated heterocycles. The number of carbonyl (C=O) groups excluding carboxylic acids is 17. The van der Waals surface area contributed by atoms with Crippen molar-refractivity contribution in [2.24, 2.45) is 33.9 Å². The lowest BCUT2D eigenvalue weighted by atomic mass is 9.44. The number of ketones is 1. The molecule has 2 heterocycles. The first-order valence-electron chi connectivity index (χ1n) is 42.3. The molecule has 0 spiro atoms. The number of esters is 3. The fourth-order valence-corrected chi connectivity index (χ4v) is 20.3. The number of Topliss-reactive ketones (excluding diaryl/α,β-unsaturated/α-hetero) is 1. The first kappa shape index (κ1) is 109. The van der Waals surface area contributed by atoms with Crippen molar-refractivity contribution in [3.63, 3.8) is 0 Å². The Balaban J connectivity index is 1.11. The number of alkyl carbamates (subject to hydrolysis) is 1. The Morgan fingerprint density at radius 1 is 0.707 bits per heavy atom. The maximum atomic E-state index is 16.1. The van der Waals surface area contributed by atoms with Gasteiger partial charge in [-0.3, -0.25) is 73.1 Å². The second-order valence-corrected chi connectivity index (χ2v) is 38.7. The predicted octanol–water partition coefficient (Wildman–Crippen LogP) is -2.71. The highest BCUT2D eigenvalue weighted by molar-refractivity contribution is 8.77. The second kappa shape index (κ2) is 49.6. The number of guanidine groups is 2. The van der Waals surface area contributed by atoms with Crippen LogP contribution in [0.25, 0.3) is 0 Å². The lowest BCUT2D eigenvalue weighted by Crippen LogP contribution is -2.82. The number of rotatable bonds is 30. The van der Waals surface area contributed by atoms with Crippen molar-refractivity contribution in [1.82, 2.24) is 69.1 Å². The zero-order chi connectivity index (χ0) is 98.6. The van der Waals surface area contributed by atoms with Gasteiger partial charge in [-0.1, -0.05) is 106 Å². The average molecular weight is 1950 g/mol. The van der Waals surface area contributed by atoms with Gasteiger partial charge in [-0.25, -0.2) is 19.2 Å². The molecule has 23 N–H and O–H groups in total. The van der Waals surface area contributed by atoms with E-state index in [2.05, 4.69) is 69.1 Å². The van der Waals surface area contributed by atoms with Crippen molar-refractivity contribution < 1.29 is 134 Å². The van der Waals surface area contributed by atoms with E-state index in [1.807, 2.05) is 0 Å². The van der Waals surface area contributed by atoms with Crippen LogP contribution in [0, 0.1) is 27.6 Å². The molecule has 133 heavy (non-hydrogen) atoms. The molecular weight excluding hydrogens is 1830 g/mol. The van der Waals surface area contributed by atoms with E-state index in [4.69, 9.17) is 70.7 Å². The number of amides is 12. The van der Waals surface area contributed by atoms with E-state index in [1.165, 1.54) is 52.3 Å². The van der Waals surface area contributed by atoms with Crippen molar-refractivity contribution in [2.75, 3.05) is 89.8 Å². The Bertz CT molecular complexity index is 4620. The third-order valence-electron chi connectivity index (χ3n) is 22.6. The zero-order valence-electron chi connectivity index (χ0n) is 75.5. The Hall–Kier alpha value is -11.3. The van der Waals surface area contributed by atoms with Gasteiger partial charge >= 0.3 is 30.2 Å². The summed E-state index contributed by atoms with van der Waals surface area (Å²) in [5.74, 6) is -18.2. The van der Waals surface area contributed by atoms with Crippen LogP contribution in [0.5, 0.6) is 0 Å².